The van der Waals surface area contributed by atoms with Crippen LogP contribution >= 0.6 is 0 Å². The van der Waals surface area contributed by atoms with Crippen molar-refractivity contribution in [2.24, 2.45) is 0 Å². The van der Waals surface area contributed by atoms with Crippen LogP contribution in [-0.4, -0.2) is 34.5 Å². The van der Waals surface area contributed by atoms with Crippen LogP contribution in [0, 0.1) is 0 Å². The monoisotopic (exact) mass is 305 g/mol. The van der Waals surface area contributed by atoms with Gasteiger partial charge in [-0.05, 0) is 24.3 Å². The van der Waals surface area contributed by atoms with Crippen LogP contribution in [0.1, 0.15) is 0 Å². The Labute approximate surface area is 133 Å². The van der Waals surface area contributed by atoms with Crippen LogP contribution in [-0.2, 0) is 4.74 Å². The third-order valence-corrected chi connectivity index (χ3v) is 3.58. The molecule has 2 heterocycles. The maximum atomic E-state index is 5.62. The second-order valence-corrected chi connectivity index (χ2v) is 5.32. The van der Waals surface area contributed by atoms with Crippen molar-refractivity contribution in [2.75, 3.05) is 13.2 Å². The average molecular weight is 305 g/mol. The topological polar surface area (TPSA) is 60.4 Å². The Balaban J connectivity index is 1.49. The van der Waals surface area contributed by atoms with Gasteiger partial charge in [0.05, 0.1) is 12.8 Å². The van der Waals surface area contributed by atoms with Crippen LogP contribution in [0.15, 0.2) is 60.8 Å². The molecular formula is C18H15N3O2. The minimum atomic E-state index is 0.257. The molecule has 0 aliphatic carbocycles. The summed E-state index contributed by atoms with van der Waals surface area (Å²) < 4.78 is 10.7. The number of benzene rings is 2. The first-order chi connectivity index (χ1) is 11.4. The van der Waals surface area contributed by atoms with Crippen molar-refractivity contribution in [2.45, 2.75) is 6.10 Å². The molecule has 1 atom stereocenters. The predicted molar refractivity (Wildman–Crippen MR) is 85.9 cm³/mol. The number of nitrogens with zero attached hydrogens (tertiary/aromatic N) is 3. The number of hydrogen-bond acceptors (Lipinski definition) is 5. The van der Waals surface area contributed by atoms with Gasteiger partial charge in [-0.15, -0.1) is 10.2 Å². The molecule has 2 aromatic carbocycles. The molecule has 0 radical (unpaired) electrons. The first-order valence-corrected chi connectivity index (χ1v) is 7.48. The van der Waals surface area contributed by atoms with E-state index in [9.17, 15) is 0 Å². The minimum Gasteiger partial charge on any atom is -0.491 e. The van der Waals surface area contributed by atoms with Crippen LogP contribution in [0.5, 0.6) is 5.75 Å². The SMILES string of the molecule is c1ccc(-c2cnc(-c3ccc(OCC4CO4)cc3)nn2)cc1. The molecule has 114 valence electrons. The fraction of sp³-hybridized carbons (Fsp3) is 0.167. The molecule has 0 spiro atoms. The summed E-state index contributed by atoms with van der Waals surface area (Å²) in [7, 11) is 0. The van der Waals surface area contributed by atoms with Gasteiger partial charge in [-0.25, -0.2) is 4.98 Å². The predicted octanol–water partition coefficient (Wildman–Crippen LogP) is 2.98. The average Bonchev–Trinajstić information content (AvgIpc) is 3.46. The molecule has 1 fully saturated rings. The highest BCUT2D eigenvalue weighted by atomic mass is 16.6. The highest BCUT2D eigenvalue weighted by Gasteiger charge is 2.22. The van der Waals surface area contributed by atoms with Gasteiger partial charge in [0.25, 0.3) is 0 Å². The van der Waals surface area contributed by atoms with Crippen LogP contribution < -0.4 is 4.74 Å². The van der Waals surface area contributed by atoms with Gasteiger partial charge < -0.3 is 9.47 Å². The van der Waals surface area contributed by atoms with Gasteiger partial charge in [0.1, 0.15) is 24.2 Å². The Morgan fingerprint density at radius 1 is 0.957 bits per heavy atom. The van der Waals surface area contributed by atoms with Crippen LogP contribution in [0.3, 0.4) is 0 Å². The van der Waals surface area contributed by atoms with E-state index in [0.717, 1.165) is 29.2 Å². The lowest BCUT2D eigenvalue weighted by molar-refractivity contribution is 0.263. The molecule has 23 heavy (non-hydrogen) atoms. The van der Waals surface area contributed by atoms with Gasteiger partial charge in [0.15, 0.2) is 5.82 Å². The molecule has 1 aliphatic rings. The molecular weight excluding hydrogens is 290 g/mol. The lowest BCUT2D eigenvalue weighted by Crippen LogP contribution is -2.03. The Morgan fingerprint density at radius 2 is 1.74 bits per heavy atom. The number of rotatable bonds is 5. The van der Waals surface area contributed by atoms with Gasteiger partial charge in [-0.2, -0.15) is 0 Å². The lowest BCUT2D eigenvalue weighted by Gasteiger charge is -2.05. The molecule has 0 N–H and O–H groups in total. The molecule has 1 saturated heterocycles. The van der Waals surface area contributed by atoms with Crippen molar-refractivity contribution in [3.8, 4) is 28.4 Å². The summed E-state index contributed by atoms with van der Waals surface area (Å²) in [6.45, 7) is 1.40. The molecule has 5 heteroatoms. The van der Waals surface area contributed by atoms with Gasteiger partial charge in [0, 0.05) is 11.1 Å². The number of hydrogen-bond donors (Lipinski definition) is 0. The molecule has 0 bridgehead atoms. The van der Waals surface area contributed by atoms with Crippen molar-refractivity contribution in [1.82, 2.24) is 15.2 Å². The zero-order chi connectivity index (χ0) is 15.5. The Kier molecular flexibility index (Phi) is 3.70. The van der Waals surface area contributed by atoms with E-state index in [1.165, 1.54) is 0 Å². The molecule has 1 aromatic heterocycles. The van der Waals surface area contributed by atoms with Gasteiger partial charge in [0.2, 0.25) is 0 Å². The van der Waals surface area contributed by atoms with Crippen LogP contribution in [0.2, 0.25) is 0 Å². The van der Waals surface area contributed by atoms with E-state index in [1.807, 2.05) is 54.6 Å². The summed E-state index contributed by atoms with van der Waals surface area (Å²) in [6, 6.07) is 17.6. The second-order valence-electron chi connectivity index (χ2n) is 5.32. The minimum absolute atomic E-state index is 0.257. The van der Waals surface area contributed by atoms with E-state index in [-0.39, 0.29) is 6.10 Å². The maximum Gasteiger partial charge on any atom is 0.181 e. The van der Waals surface area contributed by atoms with Crippen molar-refractivity contribution in [3.63, 3.8) is 0 Å². The zero-order valence-electron chi connectivity index (χ0n) is 12.4. The summed E-state index contributed by atoms with van der Waals surface area (Å²) >= 11 is 0. The summed E-state index contributed by atoms with van der Waals surface area (Å²) in [5, 5.41) is 8.47. The van der Waals surface area contributed by atoms with Crippen molar-refractivity contribution in [1.29, 1.82) is 0 Å². The standard InChI is InChI=1S/C18H15N3O2/c1-2-4-13(5-3-1)17-10-19-18(21-20-17)14-6-8-15(9-7-14)22-11-16-12-23-16/h1-10,16H,11-12H2. The lowest BCUT2D eigenvalue weighted by atomic mass is 10.1. The first-order valence-electron chi connectivity index (χ1n) is 7.48. The normalized spacial score (nSPS) is 16.1. The van der Waals surface area contributed by atoms with Crippen molar-refractivity contribution < 1.29 is 9.47 Å². The zero-order valence-corrected chi connectivity index (χ0v) is 12.4. The number of epoxide rings is 1. The smallest absolute Gasteiger partial charge is 0.181 e. The molecule has 3 aromatic rings. The van der Waals surface area contributed by atoms with Gasteiger partial charge in [-0.3, -0.25) is 0 Å². The number of aromatic nitrogens is 3. The maximum absolute atomic E-state index is 5.62. The van der Waals surface area contributed by atoms with E-state index in [0.29, 0.717) is 12.4 Å². The van der Waals surface area contributed by atoms with Crippen LogP contribution in [0.4, 0.5) is 0 Å². The van der Waals surface area contributed by atoms with Gasteiger partial charge >= 0.3 is 0 Å². The molecule has 4 rings (SSSR count). The summed E-state index contributed by atoms with van der Waals surface area (Å²) in [6.07, 6.45) is 2.00. The molecule has 1 aliphatic heterocycles. The molecule has 1 unspecified atom stereocenters. The largest absolute Gasteiger partial charge is 0.491 e. The third-order valence-electron chi connectivity index (χ3n) is 3.58. The Morgan fingerprint density at radius 3 is 2.39 bits per heavy atom. The second kappa shape index (κ2) is 6.14. The van der Waals surface area contributed by atoms with Crippen LogP contribution in [0.25, 0.3) is 22.6 Å². The highest BCUT2D eigenvalue weighted by molar-refractivity contribution is 5.60. The molecule has 0 amide bonds. The highest BCUT2D eigenvalue weighted by Crippen LogP contribution is 2.21. The Bertz CT molecular complexity index is 770. The Hall–Kier alpha value is -2.79. The molecule has 0 saturated carbocycles. The summed E-state index contributed by atoms with van der Waals surface area (Å²) in [5.41, 5.74) is 2.68. The summed E-state index contributed by atoms with van der Waals surface area (Å²) in [5.74, 6) is 1.42. The van der Waals surface area contributed by atoms with E-state index >= 15 is 0 Å². The fourth-order valence-corrected chi connectivity index (χ4v) is 2.20. The summed E-state index contributed by atoms with van der Waals surface area (Å²) in [4.78, 5) is 4.40. The van der Waals surface area contributed by atoms with E-state index in [1.54, 1.807) is 6.20 Å². The fourth-order valence-electron chi connectivity index (χ4n) is 2.20. The van der Waals surface area contributed by atoms with Crippen molar-refractivity contribution >= 4 is 0 Å². The quantitative estimate of drug-likeness (QED) is 0.678. The van der Waals surface area contributed by atoms with E-state index in [2.05, 4.69) is 15.2 Å². The van der Waals surface area contributed by atoms with E-state index < -0.39 is 0 Å². The van der Waals surface area contributed by atoms with Gasteiger partial charge in [-0.1, -0.05) is 30.3 Å². The third kappa shape index (κ3) is 3.35. The molecule has 5 nitrogen and oxygen atoms in total. The first kappa shape index (κ1) is 13.8. The van der Waals surface area contributed by atoms with E-state index in [4.69, 9.17) is 9.47 Å². The number of ether oxygens (including phenoxy) is 2. The van der Waals surface area contributed by atoms with Crippen molar-refractivity contribution in [3.05, 3.63) is 60.8 Å².